The van der Waals surface area contributed by atoms with Gasteiger partial charge in [-0.05, 0) is 28.1 Å². The first-order valence-electron chi connectivity index (χ1n) is 3.74. The van der Waals surface area contributed by atoms with Crippen molar-refractivity contribution < 1.29 is 4.52 Å². The number of nitrogens with zero attached hydrogens (tertiary/aromatic N) is 1. The highest BCUT2D eigenvalue weighted by Gasteiger charge is 2.06. The van der Waals surface area contributed by atoms with Crippen molar-refractivity contribution in [2.45, 2.75) is 0 Å². The second-order valence-corrected chi connectivity index (χ2v) is 4.24. The van der Waals surface area contributed by atoms with Crippen LogP contribution < -0.4 is 0 Å². The molecule has 1 aromatic heterocycles. The second kappa shape index (κ2) is 3.93. The molecule has 0 unspecified atom stereocenters. The highest BCUT2D eigenvalue weighted by atomic mass is 79.9. The van der Waals surface area contributed by atoms with Gasteiger partial charge < -0.3 is 4.52 Å². The van der Waals surface area contributed by atoms with E-state index in [0.717, 1.165) is 11.3 Å². The number of hydrogen-bond donors (Lipinski definition) is 0. The molecule has 0 fully saturated rings. The predicted octanol–water partition coefficient (Wildman–Crippen LogP) is 4.41. The van der Waals surface area contributed by atoms with Crippen molar-refractivity contribution in [1.82, 2.24) is 5.16 Å². The molecule has 14 heavy (non-hydrogen) atoms. The smallest absolute Gasteiger partial charge is 0.202 e. The molecule has 0 saturated carbocycles. The van der Waals surface area contributed by atoms with Gasteiger partial charge in [0.25, 0.3) is 0 Å². The molecule has 2 nitrogen and oxygen atoms in total. The van der Waals surface area contributed by atoms with Crippen molar-refractivity contribution in [2.75, 3.05) is 0 Å². The molecule has 1 heterocycles. The SMILES string of the molecule is Clc1ccc(-c2cc(Br)on2)cc1Cl. The van der Waals surface area contributed by atoms with Gasteiger partial charge in [-0.3, -0.25) is 0 Å². The van der Waals surface area contributed by atoms with Crippen molar-refractivity contribution in [2.24, 2.45) is 0 Å². The largest absolute Gasteiger partial charge is 0.349 e. The Balaban J connectivity index is 2.47. The highest BCUT2D eigenvalue weighted by molar-refractivity contribution is 9.10. The van der Waals surface area contributed by atoms with E-state index in [9.17, 15) is 0 Å². The summed E-state index contributed by atoms with van der Waals surface area (Å²) in [6.45, 7) is 0. The first kappa shape index (κ1) is 10.0. The number of rotatable bonds is 1. The van der Waals surface area contributed by atoms with Crippen molar-refractivity contribution >= 4 is 39.1 Å². The van der Waals surface area contributed by atoms with Crippen LogP contribution in [-0.2, 0) is 0 Å². The quantitative estimate of drug-likeness (QED) is 0.778. The van der Waals surface area contributed by atoms with E-state index in [1.807, 2.05) is 6.07 Å². The predicted molar refractivity (Wildman–Crippen MR) is 59.7 cm³/mol. The molecule has 2 rings (SSSR count). The summed E-state index contributed by atoms with van der Waals surface area (Å²) in [7, 11) is 0. The monoisotopic (exact) mass is 291 g/mol. The zero-order valence-electron chi connectivity index (χ0n) is 6.80. The fourth-order valence-corrected chi connectivity index (χ4v) is 1.63. The maximum absolute atomic E-state index is 5.87. The van der Waals surface area contributed by atoms with Gasteiger partial charge in [-0.2, -0.15) is 0 Å². The van der Waals surface area contributed by atoms with Crippen LogP contribution in [0, 0.1) is 0 Å². The molecular formula is C9H4BrCl2NO. The second-order valence-electron chi connectivity index (χ2n) is 2.65. The van der Waals surface area contributed by atoms with Crippen LogP contribution in [0.25, 0.3) is 11.3 Å². The molecule has 0 saturated heterocycles. The van der Waals surface area contributed by atoms with E-state index in [1.165, 1.54) is 0 Å². The van der Waals surface area contributed by atoms with E-state index < -0.39 is 0 Å². The third kappa shape index (κ3) is 1.95. The lowest BCUT2D eigenvalue weighted by molar-refractivity contribution is 0.402. The topological polar surface area (TPSA) is 26.0 Å². The Kier molecular flexibility index (Phi) is 2.81. The highest BCUT2D eigenvalue weighted by Crippen LogP contribution is 2.28. The molecule has 0 spiro atoms. The molecule has 0 atom stereocenters. The molecule has 0 aliphatic rings. The minimum absolute atomic E-state index is 0.503. The maximum Gasteiger partial charge on any atom is 0.202 e. The fraction of sp³-hybridized carbons (Fsp3) is 0. The van der Waals surface area contributed by atoms with Gasteiger partial charge in [0.05, 0.1) is 10.0 Å². The molecule has 5 heteroatoms. The van der Waals surface area contributed by atoms with Crippen molar-refractivity contribution in [3.63, 3.8) is 0 Å². The molecule has 0 aliphatic heterocycles. The molecule has 1 aromatic carbocycles. The van der Waals surface area contributed by atoms with Crippen LogP contribution in [0.2, 0.25) is 10.0 Å². The average Bonchev–Trinajstić information content (AvgIpc) is 2.57. The number of benzene rings is 1. The molecule has 72 valence electrons. The summed E-state index contributed by atoms with van der Waals surface area (Å²) in [5.41, 5.74) is 1.59. The van der Waals surface area contributed by atoms with Crippen LogP contribution in [0.15, 0.2) is 33.5 Å². The van der Waals surface area contributed by atoms with Gasteiger partial charge in [0.15, 0.2) is 0 Å². The average molecular weight is 293 g/mol. The molecule has 0 radical (unpaired) electrons. The Hall–Kier alpha value is -0.510. The summed E-state index contributed by atoms with van der Waals surface area (Å²) in [6.07, 6.45) is 0. The molecule has 0 N–H and O–H groups in total. The third-order valence-electron chi connectivity index (χ3n) is 1.70. The van der Waals surface area contributed by atoms with E-state index >= 15 is 0 Å². The van der Waals surface area contributed by atoms with Gasteiger partial charge >= 0.3 is 0 Å². The Morgan fingerprint density at radius 3 is 2.50 bits per heavy atom. The lowest BCUT2D eigenvalue weighted by Gasteiger charge is -1.97. The Morgan fingerprint density at radius 2 is 1.93 bits per heavy atom. The van der Waals surface area contributed by atoms with E-state index in [-0.39, 0.29) is 0 Å². The van der Waals surface area contributed by atoms with Crippen LogP contribution >= 0.6 is 39.1 Å². The zero-order chi connectivity index (χ0) is 10.1. The first-order chi connectivity index (χ1) is 6.66. The molecular weight excluding hydrogens is 289 g/mol. The van der Waals surface area contributed by atoms with Crippen LogP contribution in [0.5, 0.6) is 0 Å². The summed E-state index contributed by atoms with van der Waals surface area (Å²) in [6, 6.07) is 7.06. The number of hydrogen-bond acceptors (Lipinski definition) is 2. The lowest BCUT2D eigenvalue weighted by Crippen LogP contribution is -1.77. The van der Waals surface area contributed by atoms with E-state index in [0.29, 0.717) is 14.7 Å². The molecule has 0 bridgehead atoms. The van der Waals surface area contributed by atoms with Crippen molar-refractivity contribution in [1.29, 1.82) is 0 Å². The van der Waals surface area contributed by atoms with Gasteiger partial charge in [-0.15, -0.1) is 0 Å². The van der Waals surface area contributed by atoms with Gasteiger partial charge in [-0.1, -0.05) is 34.4 Å². The van der Waals surface area contributed by atoms with Gasteiger partial charge in [0.1, 0.15) is 5.69 Å². The van der Waals surface area contributed by atoms with Crippen LogP contribution in [-0.4, -0.2) is 5.16 Å². The Labute approximate surface area is 98.9 Å². The Morgan fingerprint density at radius 1 is 1.14 bits per heavy atom. The summed E-state index contributed by atoms with van der Waals surface area (Å²) >= 11 is 14.8. The molecule has 0 amide bonds. The lowest BCUT2D eigenvalue weighted by atomic mass is 10.2. The van der Waals surface area contributed by atoms with Gasteiger partial charge in [-0.25, -0.2) is 0 Å². The Bertz CT molecular complexity index is 470. The number of aromatic nitrogens is 1. The van der Waals surface area contributed by atoms with Gasteiger partial charge in [0.2, 0.25) is 4.67 Å². The van der Waals surface area contributed by atoms with Crippen molar-refractivity contribution in [3.8, 4) is 11.3 Å². The van der Waals surface area contributed by atoms with Crippen LogP contribution in [0.1, 0.15) is 0 Å². The summed E-state index contributed by atoms with van der Waals surface area (Å²) in [4.78, 5) is 0. The normalized spacial score (nSPS) is 10.5. The number of halogens is 3. The van der Waals surface area contributed by atoms with Crippen LogP contribution in [0.4, 0.5) is 0 Å². The van der Waals surface area contributed by atoms with E-state index in [1.54, 1.807) is 18.2 Å². The minimum atomic E-state index is 0.503. The first-order valence-corrected chi connectivity index (χ1v) is 5.29. The summed E-state index contributed by atoms with van der Waals surface area (Å²) in [5, 5.41) is 4.86. The standard InChI is InChI=1S/C9H4BrCl2NO/c10-9-4-8(13-14-9)5-1-2-6(11)7(12)3-5/h1-4H. The van der Waals surface area contributed by atoms with Gasteiger partial charge in [0, 0.05) is 11.6 Å². The van der Waals surface area contributed by atoms with E-state index in [2.05, 4.69) is 21.1 Å². The summed E-state index contributed by atoms with van der Waals surface area (Å²) in [5.74, 6) is 0. The summed E-state index contributed by atoms with van der Waals surface area (Å²) < 4.78 is 5.46. The van der Waals surface area contributed by atoms with Crippen LogP contribution in [0.3, 0.4) is 0 Å². The molecule has 0 aliphatic carbocycles. The van der Waals surface area contributed by atoms with E-state index in [4.69, 9.17) is 27.7 Å². The molecule has 2 aromatic rings. The maximum atomic E-state index is 5.87. The zero-order valence-corrected chi connectivity index (χ0v) is 9.90. The minimum Gasteiger partial charge on any atom is -0.349 e. The fourth-order valence-electron chi connectivity index (χ4n) is 1.04. The van der Waals surface area contributed by atoms with Crippen molar-refractivity contribution in [3.05, 3.63) is 39.0 Å². The third-order valence-corrected chi connectivity index (χ3v) is 2.81.